The van der Waals surface area contributed by atoms with Crippen molar-refractivity contribution < 1.29 is 8.42 Å². The second-order valence-corrected chi connectivity index (χ2v) is 8.06. The third-order valence-electron chi connectivity index (χ3n) is 3.04. The zero-order valence-electron chi connectivity index (χ0n) is 10.5. The predicted molar refractivity (Wildman–Crippen MR) is 79.0 cm³/mol. The SMILES string of the molecule is CCC1CN(S(=O)(=O)c2cnc(N)c(Cl)c2)CCS1. The molecule has 1 aliphatic heterocycles. The number of thioether (sulfide) groups is 1. The highest BCUT2D eigenvalue weighted by molar-refractivity contribution is 8.00. The monoisotopic (exact) mass is 321 g/mol. The number of nitrogens with zero attached hydrogens (tertiary/aromatic N) is 2. The van der Waals surface area contributed by atoms with Crippen molar-refractivity contribution in [3.63, 3.8) is 0 Å². The van der Waals surface area contributed by atoms with E-state index in [-0.39, 0.29) is 15.7 Å². The number of hydrogen-bond acceptors (Lipinski definition) is 5. The summed E-state index contributed by atoms with van der Waals surface area (Å²) in [6.07, 6.45) is 2.22. The number of aromatic nitrogens is 1. The molecule has 19 heavy (non-hydrogen) atoms. The summed E-state index contributed by atoms with van der Waals surface area (Å²) < 4.78 is 26.5. The van der Waals surface area contributed by atoms with Crippen LogP contribution < -0.4 is 5.73 Å². The maximum absolute atomic E-state index is 12.5. The minimum Gasteiger partial charge on any atom is -0.382 e. The van der Waals surface area contributed by atoms with Gasteiger partial charge in [0.05, 0.1) is 5.02 Å². The van der Waals surface area contributed by atoms with Crippen molar-refractivity contribution in [1.29, 1.82) is 0 Å². The zero-order valence-corrected chi connectivity index (χ0v) is 12.9. The van der Waals surface area contributed by atoms with Gasteiger partial charge in [-0.15, -0.1) is 0 Å². The van der Waals surface area contributed by atoms with Gasteiger partial charge < -0.3 is 5.73 Å². The average molecular weight is 322 g/mol. The fraction of sp³-hybridized carbons (Fsp3) is 0.545. The van der Waals surface area contributed by atoms with E-state index >= 15 is 0 Å². The predicted octanol–water partition coefficient (Wildman–Crippen LogP) is 1.83. The minimum atomic E-state index is -3.53. The Morgan fingerprint density at radius 2 is 2.37 bits per heavy atom. The maximum atomic E-state index is 12.5. The van der Waals surface area contributed by atoms with Gasteiger partial charge in [0, 0.05) is 30.3 Å². The van der Waals surface area contributed by atoms with Gasteiger partial charge in [0.25, 0.3) is 0 Å². The van der Waals surface area contributed by atoms with Crippen molar-refractivity contribution in [3.8, 4) is 0 Å². The normalized spacial score (nSPS) is 21.5. The van der Waals surface area contributed by atoms with E-state index in [1.54, 1.807) is 0 Å². The van der Waals surface area contributed by atoms with Crippen LogP contribution in [0.25, 0.3) is 0 Å². The summed E-state index contributed by atoms with van der Waals surface area (Å²) >= 11 is 7.66. The molecule has 1 aromatic rings. The molecule has 1 fully saturated rings. The Kier molecular flexibility index (Phi) is 4.60. The lowest BCUT2D eigenvalue weighted by atomic mass is 10.3. The van der Waals surface area contributed by atoms with Crippen LogP contribution in [0, 0.1) is 0 Å². The fourth-order valence-corrected chi connectivity index (χ4v) is 4.96. The standard InChI is InChI=1S/C11H16ClN3O2S2/c1-2-8-7-15(3-4-18-8)19(16,17)9-5-10(12)11(13)14-6-9/h5-6,8H,2-4,7H2,1H3,(H2,13,14). The highest BCUT2D eigenvalue weighted by atomic mass is 35.5. The molecule has 0 bridgehead atoms. The smallest absolute Gasteiger partial charge is 0.244 e. The van der Waals surface area contributed by atoms with Crippen molar-refractivity contribution in [2.75, 3.05) is 24.6 Å². The average Bonchev–Trinajstić information content (AvgIpc) is 2.41. The summed E-state index contributed by atoms with van der Waals surface area (Å²) in [5, 5.41) is 0.514. The van der Waals surface area contributed by atoms with E-state index in [2.05, 4.69) is 11.9 Å². The van der Waals surface area contributed by atoms with E-state index in [0.29, 0.717) is 18.3 Å². The Balaban J connectivity index is 2.28. The van der Waals surface area contributed by atoms with Gasteiger partial charge in [-0.25, -0.2) is 13.4 Å². The maximum Gasteiger partial charge on any atom is 0.244 e. The summed E-state index contributed by atoms with van der Waals surface area (Å²) in [6.45, 7) is 3.12. The van der Waals surface area contributed by atoms with Gasteiger partial charge in [-0.2, -0.15) is 16.1 Å². The molecule has 0 aromatic carbocycles. The van der Waals surface area contributed by atoms with Gasteiger partial charge in [-0.05, 0) is 12.5 Å². The summed E-state index contributed by atoms with van der Waals surface area (Å²) in [6, 6.07) is 1.36. The zero-order chi connectivity index (χ0) is 14.0. The number of rotatable bonds is 3. The first kappa shape index (κ1) is 14.9. The van der Waals surface area contributed by atoms with Crippen molar-refractivity contribution in [3.05, 3.63) is 17.3 Å². The van der Waals surface area contributed by atoms with Crippen LogP contribution in [0.2, 0.25) is 5.02 Å². The number of halogens is 1. The first-order valence-corrected chi connectivity index (χ1v) is 8.84. The number of pyridine rings is 1. The molecule has 5 nitrogen and oxygen atoms in total. The quantitative estimate of drug-likeness (QED) is 0.919. The van der Waals surface area contributed by atoms with Crippen molar-refractivity contribution in [2.24, 2.45) is 0 Å². The first-order valence-electron chi connectivity index (χ1n) is 5.98. The van der Waals surface area contributed by atoms with E-state index in [1.165, 1.54) is 16.6 Å². The third-order valence-corrected chi connectivity index (χ3v) is 6.54. The molecule has 0 saturated carbocycles. The van der Waals surface area contributed by atoms with Crippen LogP contribution in [0.4, 0.5) is 5.82 Å². The van der Waals surface area contributed by atoms with Crippen LogP contribution in [0.15, 0.2) is 17.2 Å². The Hall–Kier alpha value is -0.500. The van der Waals surface area contributed by atoms with Crippen molar-refractivity contribution in [2.45, 2.75) is 23.5 Å². The fourth-order valence-electron chi connectivity index (χ4n) is 1.88. The molecule has 1 aliphatic rings. The van der Waals surface area contributed by atoms with Gasteiger partial charge in [0.2, 0.25) is 10.0 Å². The molecule has 1 saturated heterocycles. The summed E-state index contributed by atoms with van der Waals surface area (Å²) in [5.74, 6) is 0.953. The highest BCUT2D eigenvalue weighted by Crippen LogP contribution is 2.27. The molecule has 2 heterocycles. The van der Waals surface area contributed by atoms with E-state index in [9.17, 15) is 8.42 Å². The van der Waals surface area contributed by atoms with Crippen LogP contribution in [0.3, 0.4) is 0 Å². The van der Waals surface area contributed by atoms with Crippen LogP contribution in [-0.2, 0) is 10.0 Å². The van der Waals surface area contributed by atoms with E-state index in [4.69, 9.17) is 17.3 Å². The van der Waals surface area contributed by atoms with E-state index in [0.717, 1.165) is 12.2 Å². The molecule has 8 heteroatoms. The van der Waals surface area contributed by atoms with Gasteiger partial charge in [0.1, 0.15) is 10.7 Å². The molecule has 106 valence electrons. The molecule has 0 radical (unpaired) electrons. The second kappa shape index (κ2) is 5.87. The Labute approximate surface area is 122 Å². The van der Waals surface area contributed by atoms with Gasteiger partial charge in [-0.1, -0.05) is 18.5 Å². The minimum absolute atomic E-state index is 0.105. The topological polar surface area (TPSA) is 76.3 Å². The largest absolute Gasteiger partial charge is 0.382 e. The number of nitrogens with two attached hydrogens (primary N) is 1. The second-order valence-electron chi connectivity index (χ2n) is 4.30. The summed E-state index contributed by atoms with van der Waals surface area (Å²) in [5.41, 5.74) is 5.50. The Bertz CT molecular complexity index is 565. The molecule has 0 spiro atoms. The first-order chi connectivity index (χ1) is 8.95. The van der Waals surface area contributed by atoms with Crippen LogP contribution in [0.5, 0.6) is 0 Å². The molecule has 2 N–H and O–H groups in total. The molecule has 0 aliphatic carbocycles. The lowest BCUT2D eigenvalue weighted by Crippen LogP contribution is -2.41. The van der Waals surface area contributed by atoms with Crippen LogP contribution in [0.1, 0.15) is 13.3 Å². The molecule has 1 unspecified atom stereocenters. The van der Waals surface area contributed by atoms with Gasteiger partial charge >= 0.3 is 0 Å². The molecule has 1 aromatic heterocycles. The van der Waals surface area contributed by atoms with E-state index in [1.807, 2.05) is 11.8 Å². The van der Waals surface area contributed by atoms with Gasteiger partial charge in [0.15, 0.2) is 0 Å². The number of anilines is 1. The number of sulfonamides is 1. The van der Waals surface area contributed by atoms with Crippen molar-refractivity contribution in [1.82, 2.24) is 9.29 Å². The van der Waals surface area contributed by atoms with Gasteiger partial charge in [-0.3, -0.25) is 0 Å². The lowest BCUT2D eigenvalue weighted by Gasteiger charge is -2.30. The highest BCUT2D eigenvalue weighted by Gasteiger charge is 2.30. The third kappa shape index (κ3) is 3.16. The number of nitrogen functional groups attached to an aromatic ring is 1. The Morgan fingerprint density at radius 3 is 3.00 bits per heavy atom. The Morgan fingerprint density at radius 1 is 1.63 bits per heavy atom. The summed E-state index contributed by atoms with van der Waals surface area (Å²) in [4.78, 5) is 3.92. The molecule has 0 amide bonds. The molecule has 2 rings (SSSR count). The molecular formula is C11H16ClN3O2S2. The molecule has 1 atom stereocenters. The van der Waals surface area contributed by atoms with Crippen LogP contribution in [-0.4, -0.2) is 41.8 Å². The van der Waals surface area contributed by atoms with Crippen molar-refractivity contribution >= 4 is 39.2 Å². The summed E-state index contributed by atoms with van der Waals surface area (Å²) in [7, 11) is -3.53. The number of hydrogen-bond donors (Lipinski definition) is 1. The van der Waals surface area contributed by atoms with Crippen LogP contribution >= 0.6 is 23.4 Å². The lowest BCUT2D eigenvalue weighted by molar-refractivity contribution is 0.416. The molecular weight excluding hydrogens is 306 g/mol. The van der Waals surface area contributed by atoms with E-state index < -0.39 is 10.0 Å².